The monoisotopic (exact) mass is 229 g/mol. The smallest absolute Gasteiger partial charge is 0.123 e. The maximum atomic E-state index is 9.83. The number of rotatable bonds is 3. The Balaban J connectivity index is 2.59. The van der Waals surface area contributed by atoms with Crippen LogP contribution in [0.2, 0.25) is 0 Å². The predicted molar refractivity (Wildman–Crippen MR) is 72.0 cm³/mol. The number of phenolic OH excluding ortho intramolecular Hbond substituents is 1. The number of hydrogen-bond acceptors (Lipinski definition) is 2. The molecule has 0 saturated heterocycles. The molecular formula is C15H19NO. The van der Waals surface area contributed by atoms with Crippen LogP contribution in [-0.4, -0.2) is 5.11 Å². The lowest BCUT2D eigenvalue weighted by Crippen LogP contribution is -2.18. The number of hydrogen-bond donors (Lipinski definition) is 2. The third-order valence-corrected chi connectivity index (χ3v) is 3.55. The summed E-state index contributed by atoms with van der Waals surface area (Å²) in [6.07, 6.45) is 1.05. The molecule has 17 heavy (non-hydrogen) atoms. The van der Waals surface area contributed by atoms with Crippen molar-refractivity contribution in [2.75, 3.05) is 0 Å². The van der Waals surface area contributed by atoms with Crippen LogP contribution in [0.25, 0.3) is 10.8 Å². The molecule has 0 heterocycles. The van der Waals surface area contributed by atoms with Crippen LogP contribution in [0.1, 0.15) is 31.9 Å². The molecule has 3 N–H and O–H groups in total. The highest BCUT2D eigenvalue weighted by atomic mass is 16.3. The zero-order valence-electron chi connectivity index (χ0n) is 10.4. The molecule has 0 aliphatic carbocycles. The van der Waals surface area contributed by atoms with Crippen molar-refractivity contribution in [3.8, 4) is 5.75 Å². The van der Waals surface area contributed by atoms with E-state index in [0.29, 0.717) is 11.7 Å². The highest BCUT2D eigenvalue weighted by Crippen LogP contribution is 2.33. The Bertz CT molecular complexity index is 521. The van der Waals surface area contributed by atoms with Crippen molar-refractivity contribution in [1.29, 1.82) is 0 Å². The van der Waals surface area contributed by atoms with Crippen LogP contribution in [0.3, 0.4) is 0 Å². The number of aromatic hydroxyl groups is 1. The molecule has 0 aliphatic heterocycles. The fourth-order valence-electron chi connectivity index (χ4n) is 2.16. The molecule has 0 amide bonds. The summed E-state index contributed by atoms with van der Waals surface area (Å²) in [6.45, 7) is 4.30. The normalized spacial score (nSPS) is 14.8. The highest BCUT2D eigenvalue weighted by molar-refractivity contribution is 5.91. The van der Waals surface area contributed by atoms with Gasteiger partial charge < -0.3 is 10.8 Å². The van der Waals surface area contributed by atoms with Crippen LogP contribution in [0.15, 0.2) is 36.4 Å². The number of nitrogens with two attached hydrogens (primary N) is 1. The van der Waals surface area contributed by atoms with Gasteiger partial charge in [-0.05, 0) is 22.9 Å². The zero-order chi connectivity index (χ0) is 12.4. The van der Waals surface area contributed by atoms with Crippen LogP contribution in [0.5, 0.6) is 5.75 Å². The molecular weight excluding hydrogens is 210 g/mol. The molecule has 2 atom stereocenters. The Morgan fingerprint density at radius 1 is 1.12 bits per heavy atom. The van der Waals surface area contributed by atoms with E-state index in [2.05, 4.69) is 13.8 Å². The lowest BCUT2D eigenvalue weighted by Gasteiger charge is -2.20. The Morgan fingerprint density at radius 2 is 1.76 bits per heavy atom. The molecule has 0 bridgehead atoms. The third-order valence-electron chi connectivity index (χ3n) is 3.55. The Kier molecular flexibility index (Phi) is 3.34. The second kappa shape index (κ2) is 4.76. The zero-order valence-corrected chi connectivity index (χ0v) is 10.4. The minimum absolute atomic E-state index is 0.0190. The van der Waals surface area contributed by atoms with E-state index in [1.165, 1.54) is 0 Å². The summed E-state index contributed by atoms with van der Waals surface area (Å²) in [5.74, 6) is 0.753. The van der Waals surface area contributed by atoms with Gasteiger partial charge in [0, 0.05) is 11.4 Å². The van der Waals surface area contributed by atoms with Gasteiger partial charge in [0.1, 0.15) is 5.75 Å². The van der Waals surface area contributed by atoms with Crippen LogP contribution < -0.4 is 5.73 Å². The molecule has 2 aromatic carbocycles. The van der Waals surface area contributed by atoms with E-state index in [-0.39, 0.29) is 6.04 Å². The van der Waals surface area contributed by atoms with E-state index < -0.39 is 0 Å². The molecule has 1 unspecified atom stereocenters. The summed E-state index contributed by atoms with van der Waals surface area (Å²) in [5.41, 5.74) is 7.40. The van der Waals surface area contributed by atoms with Gasteiger partial charge in [0.05, 0.1) is 0 Å². The van der Waals surface area contributed by atoms with Crippen LogP contribution in [0, 0.1) is 5.92 Å². The van der Waals surface area contributed by atoms with Crippen molar-refractivity contribution in [2.24, 2.45) is 11.7 Å². The van der Waals surface area contributed by atoms with Crippen LogP contribution in [0.4, 0.5) is 0 Å². The second-order valence-electron chi connectivity index (χ2n) is 4.63. The quantitative estimate of drug-likeness (QED) is 0.844. The van der Waals surface area contributed by atoms with E-state index in [1.54, 1.807) is 6.07 Å². The lowest BCUT2D eigenvalue weighted by atomic mass is 9.90. The van der Waals surface area contributed by atoms with Crippen LogP contribution >= 0.6 is 0 Å². The van der Waals surface area contributed by atoms with Crippen molar-refractivity contribution in [1.82, 2.24) is 0 Å². The van der Waals surface area contributed by atoms with Crippen molar-refractivity contribution < 1.29 is 5.11 Å². The predicted octanol–water partition coefficient (Wildman–Crippen LogP) is 3.59. The Morgan fingerprint density at radius 3 is 2.41 bits per heavy atom. The maximum Gasteiger partial charge on any atom is 0.123 e. The van der Waals surface area contributed by atoms with Gasteiger partial charge in [0.2, 0.25) is 0 Å². The van der Waals surface area contributed by atoms with Crippen molar-refractivity contribution in [2.45, 2.75) is 26.3 Å². The SMILES string of the molecule is CCC(C)[C@@H](N)c1ccc(O)c2ccccc12. The summed E-state index contributed by atoms with van der Waals surface area (Å²) < 4.78 is 0. The molecule has 0 fully saturated rings. The van der Waals surface area contributed by atoms with Crippen molar-refractivity contribution >= 4 is 10.8 Å². The summed E-state index contributed by atoms with van der Waals surface area (Å²) >= 11 is 0. The number of benzene rings is 2. The van der Waals surface area contributed by atoms with E-state index in [1.807, 2.05) is 30.3 Å². The molecule has 2 rings (SSSR count). The molecule has 2 heteroatoms. The summed E-state index contributed by atoms with van der Waals surface area (Å²) in [6, 6.07) is 11.6. The average molecular weight is 229 g/mol. The van der Waals surface area contributed by atoms with Gasteiger partial charge in [-0.25, -0.2) is 0 Å². The summed E-state index contributed by atoms with van der Waals surface area (Å²) in [4.78, 5) is 0. The molecule has 0 aliphatic rings. The van der Waals surface area contributed by atoms with E-state index in [4.69, 9.17) is 5.73 Å². The van der Waals surface area contributed by atoms with Crippen LogP contribution in [-0.2, 0) is 0 Å². The minimum atomic E-state index is 0.0190. The molecule has 2 nitrogen and oxygen atoms in total. The molecule has 90 valence electrons. The van der Waals surface area contributed by atoms with Gasteiger partial charge >= 0.3 is 0 Å². The third kappa shape index (κ3) is 2.13. The first-order valence-corrected chi connectivity index (χ1v) is 6.11. The first kappa shape index (κ1) is 11.9. The largest absolute Gasteiger partial charge is 0.507 e. The van der Waals surface area contributed by atoms with Gasteiger partial charge in [-0.3, -0.25) is 0 Å². The van der Waals surface area contributed by atoms with Gasteiger partial charge in [0.15, 0.2) is 0 Å². The van der Waals surface area contributed by atoms with Gasteiger partial charge in [-0.15, -0.1) is 0 Å². The highest BCUT2D eigenvalue weighted by Gasteiger charge is 2.16. The number of fused-ring (bicyclic) bond motifs is 1. The average Bonchev–Trinajstić information content (AvgIpc) is 2.38. The van der Waals surface area contributed by atoms with E-state index >= 15 is 0 Å². The van der Waals surface area contributed by atoms with Crippen molar-refractivity contribution in [3.63, 3.8) is 0 Å². The minimum Gasteiger partial charge on any atom is -0.507 e. The lowest BCUT2D eigenvalue weighted by molar-refractivity contribution is 0.457. The molecule has 2 aromatic rings. The second-order valence-corrected chi connectivity index (χ2v) is 4.63. The maximum absolute atomic E-state index is 9.83. The summed E-state index contributed by atoms with van der Waals surface area (Å²) in [5, 5.41) is 11.8. The fraction of sp³-hybridized carbons (Fsp3) is 0.333. The molecule has 0 spiro atoms. The molecule has 0 aromatic heterocycles. The molecule has 0 radical (unpaired) electrons. The topological polar surface area (TPSA) is 46.2 Å². The number of phenols is 1. The Hall–Kier alpha value is -1.54. The summed E-state index contributed by atoms with van der Waals surface area (Å²) in [7, 11) is 0. The van der Waals surface area contributed by atoms with Gasteiger partial charge in [-0.1, -0.05) is 50.6 Å². The first-order valence-electron chi connectivity index (χ1n) is 6.11. The van der Waals surface area contributed by atoms with E-state index in [0.717, 1.165) is 22.8 Å². The Labute approximate surface area is 102 Å². The standard InChI is InChI=1S/C15H19NO/c1-3-10(2)15(16)13-8-9-14(17)12-7-5-4-6-11(12)13/h4-10,15,17H,3,16H2,1-2H3/t10?,15-/m1/s1. The fourth-order valence-corrected chi connectivity index (χ4v) is 2.16. The first-order chi connectivity index (χ1) is 8.15. The van der Waals surface area contributed by atoms with E-state index in [9.17, 15) is 5.11 Å². The van der Waals surface area contributed by atoms with Crippen molar-refractivity contribution in [3.05, 3.63) is 42.0 Å². The van der Waals surface area contributed by atoms with Gasteiger partial charge in [0.25, 0.3) is 0 Å². The van der Waals surface area contributed by atoms with Gasteiger partial charge in [-0.2, -0.15) is 0 Å². The molecule has 0 saturated carbocycles.